The van der Waals surface area contributed by atoms with Crippen molar-refractivity contribution in [1.29, 1.82) is 0 Å². The second-order valence-corrected chi connectivity index (χ2v) is 5.52. The monoisotopic (exact) mass is 279 g/mol. The molecule has 0 radical (unpaired) electrons. The molecule has 0 aromatic carbocycles. The number of hydrogen-bond acceptors (Lipinski definition) is 3. The Kier molecular flexibility index (Phi) is 4.06. The molecule has 0 bridgehead atoms. The van der Waals surface area contributed by atoms with Crippen LogP contribution < -0.4 is 5.73 Å². The normalized spacial score (nSPS) is 24.1. The number of alkyl halides is 3. The Bertz CT molecular complexity index is 328. The van der Waals surface area contributed by atoms with Gasteiger partial charge in [0.25, 0.3) is 0 Å². The predicted octanol–water partition coefficient (Wildman–Crippen LogP) is 0.822. The first-order chi connectivity index (χ1) is 8.86. The van der Waals surface area contributed by atoms with Crippen molar-refractivity contribution in [3.05, 3.63) is 0 Å². The van der Waals surface area contributed by atoms with Crippen LogP contribution in [0.4, 0.5) is 13.2 Å². The van der Waals surface area contributed by atoms with Crippen molar-refractivity contribution in [2.24, 2.45) is 11.1 Å². The Morgan fingerprint density at radius 2 is 1.74 bits per heavy atom. The highest BCUT2D eigenvalue weighted by Crippen LogP contribution is 2.41. The zero-order valence-corrected chi connectivity index (χ0v) is 10.9. The van der Waals surface area contributed by atoms with Crippen LogP contribution >= 0.6 is 0 Å². The Labute approximate surface area is 110 Å². The first kappa shape index (κ1) is 14.6. The molecule has 0 unspecified atom stereocenters. The van der Waals surface area contributed by atoms with E-state index >= 15 is 0 Å². The minimum absolute atomic E-state index is 0.0351. The number of carbonyl (C=O) groups excluding carboxylic acids is 1. The molecule has 7 heteroatoms. The second-order valence-electron chi connectivity index (χ2n) is 5.52. The number of amides is 1. The maximum absolute atomic E-state index is 12.3. The average molecular weight is 279 g/mol. The smallest absolute Gasteiger partial charge is 0.340 e. The van der Waals surface area contributed by atoms with Crippen LogP contribution in [0.2, 0.25) is 0 Å². The molecule has 110 valence electrons. The highest BCUT2D eigenvalue weighted by molar-refractivity contribution is 5.84. The van der Waals surface area contributed by atoms with Crippen LogP contribution in [0.15, 0.2) is 0 Å². The molecule has 1 aliphatic carbocycles. The van der Waals surface area contributed by atoms with Gasteiger partial charge in [-0.1, -0.05) is 6.42 Å². The van der Waals surface area contributed by atoms with Crippen molar-refractivity contribution in [2.75, 3.05) is 39.3 Å². The summed E-state index contributed by atoms with van der Waals surface area (Å²) < 4.78 is 36.8. The van der Waals surface area contributed by atoms with Crippen LogP contribution in [0.3, 0.4) is 0 Å². The van der Waals surface area contributed by atoms with Gasteiger partial charge in [-0.25, -0.2) is 0 Å². The summed E-state index contributed by atoms with van der Waals surface area (Å²) in [5.74, 6) is 0.0351. The van der Waals surface area contributed by atoms with Gasteiger partial charge in [0, 0.05) is 32.7 Å². The summed E-state index contributed by atoms with van der Waals surface area (Å²) in [7, 11) is 0. The van der Waals surface area contributed by atoms with Gasteiger partial charge in [-0.2, -0.15) is 13.2 Å². The Morgan fingerprint density at radius 1 is 1.16 bits per heavy atom. The van der Waals surface area contributed by atoms with Crippen molar-refractivity contribution in [3.8, 4) is 0 Å². The third kappa shape index (κ3) is 3.20. The van der Waals surface area contributed by atoms with Gasteiger partial charge >= 0.3 is 6.18 Å². The molecular formula is C12H20F3N3O. The van der Waals surface area contributed by atoms with E-state index in [1.807, 2.05) is 0 Å². The van der Waals surface area contributed by atoms with E-state index in [9.17, 15) is 18.0 Å². The minimum atomic E-state index is -4.17. The van der Waals surface area contributed by atoms with Gasteiger partial charge in [-0.3, -0.25) is 9.69 Å². The Morgan fingerprint density at radius 3 is 2.11 bits per heavy atom. The van der Waals surface area contributed by atoms with Crippen LogP contribution in [-0.4, -0.2) is 61.2 Å². The maximum Gasteiger partial charge on any atom is 0.401 e. The molecule has 1 saturated heterocycles. The predicted molar refractivity (Wildman–Crippen MR) is 64.4 cm³/mol. The summed E-state index contributed by atoms with van der Waals surface area (Å²) in [5.41, 5.74) is 5.26. The lowest BCUT2D eigenvalue weighted by Crippen LogP contribution is -2.57. The number of nitrogens with two attached hydrogens (primary N) is 1. The molecular weight excluding hydrogens is 259 g/mol. The van der Waals surface area contributed by atoms with Gasteiger partial charge in [-0.15, -0.1) is 0 Å². The highest BCUT2D eigenvalue weighted by atomic mass is 19.4. The number of carbonyl (C=O) groups is 1. The molecule has 2 fully saturated rings. The van der Waals surface area contributed by atoms with Crippen molar-refractivity contribution in [1.82, 2.24) is 9.80 Å². The molecule has 1 amide bonds. The number of piperazine rings is 1. The molecule has 0 spiro atoms. The first-order valence-corrected chi connectivity index (χ1v) is 6.65. The van der Waals surface area contributed by atoms with Crippen LogP contribution in [0.5, 0.6) is 0 Å². The summed E-state index contributed by atoms with van der Waals surface area (Å²) in [6.07, 6.45) is -1.54. The van der Waals surface area contributed by atoms with Crippen molar-refractivity contribution >= 4 is 5.91 Å². The molecule has 1 aliphatic heterocycles. The van der Waals surface area contributed by atoms with Crippen molar-refractivity contribution < 1.29 is 18.0 Å². The molecule has 2 rings (SSSR count). The maximum atomic E-state index is 12.3. The molecule has 2 aliphatic rings. The number of hydrogen-bond donors (Lipinski definition) is 1. The number of rotatable bonds is 3. The standard InChI is InChI=1S/C12H20F3N3O/c13-12(14,15)9-17-4-6-18(7-5-17)10(19)11(8-16)2-1-3-11/h1-9,16H2. The van der Waals surface area contributed by atoms with Gasteiger partial charge in [0.05, 0.1) is 12.0 Å². The number of nitrogens with zero attached hydrogens (tertiary/aromatic N) is 2. The van der Waals surface area contributed by atoms with Crippen molar-refractivity contribution in [3.63, 3.8) is 0 Å². The van der Waals surface area contributed by atoms with Crippen LogP contribution in [0, 0.1) is 5.41 Å². The zero-order chi connectivity index (χ0) is 14.1. The van der Waals surface area contributed by atoms with Gasteiger partial charge in [-0.05, 0) is 12.8 Å². The van der Waals surface area contributed by atoms with E-state index in [2.05, 4.69) is 0 Å². The van der Waals surface area contributed by atoms with Gasteiger partial charge in [0.1, 0.15) is 0 Å². The van der Waals surface area contributed by atoms with Crippen LogP contribution in [0.25, 0.3) is 0 Å². The highest BCUT2D eigenvalue weighted by Gasteiger charge is 2.45. The lowest BCUT2D eigenvalue weighted by Gasteiger charge is -2.45. The Balaban J connectivity index is 1.85. The SMILES string of the molecule is NCC1(C(=O)N2CCN(CC(F)(F)F)CC2)CCC1. The molecule has 4 nitrogen and oxygen atoms in total. The summed E-state index contributed by atoms with van der Waals surface area (Å²) in [6.45, 7) is 0.761. The van der Waals surface area contributed by atoms with E-state index in [1.54, 1.807) is 4.90 Å². The first-order valence-electron chi connectivity index (χ1n) is 6.65. The lowest BCUT2D eigenvalue weighted by molar-refractivity contribution is -0.157. The topological polar surface area (TPSA) is 49.6 Å². The van der Waals surface area contributed by atoms with Gasteiger partial charge in [0.2, 0.25) is 5.91 Å². The second kappa shape index (κ2) is 5.28. The molecule has 1 heterocycles. The minimum Gasteiger partial charge on any atom is -0.340 e. The molecule has 0 atom stereocenters. The van der Waals surface area contributed by atoms with E-state index in [0.717, 1.165) is 19.3 Å². The van der Waals surface area contributed by atoms with Gasteiger partial charge in [0.15, 0.2) is 0 Å². The summed E-state index contributed by atoms with van der Waals surface area (Å²) >= 11 is 0. The zero-order valence-electron chi connectivity index (χ0n) is 10.9. The molecule has 1 saturated carbocycles. The van der Waals surface area contributed by atoms with Crippen molar-refractivity contribution in [2.45, 2.75) is 25.4 Å². The summed E-state index contributed by atoms with van der Waals surface area (Å²) in [6, 6.07) is 0. The molecule has 0 aromatic rings. The third-order valence-corrected chi connectivity index (χ3v) is 4.22. The molecule has 19 heavy (non-hydrogen) atoms. The van der Waals surface area contributed by atoms with Crippen LogP contribution in [-0.2, 0) is 4.79 Å². The largest absolute Gasteiger partial charge is 0.401 e. The fourth-order valence-corrected chi connectivity index (χ4v) is 2.81. The van der Waals surface area contributed by atoms with Gasteiger partial charge < -0.3 is 10.6 Å². The molecule has 0 aromatic heterocycles. The third-order valence-electron chi connectivity index (χ3n) is 4.22. The van der Waals surface area contributed by atoms with E-state index in [0.29, 0.717) is 19.6 Å². The number of halogens is 3. The van der Waals surface area contributed by atoms with E-state index < -0.39 is 18.1 Å². The fraction of sp³-hybridized carbons (Fsp3) is 0.917. The lowest BCUT2D eigenvalue weighted by atomic mass is 9.67. The summed E-state index contributed by atoms with van der Waals surface area (Å²) in [5, 5.41) is 0. The van der Waals surface area contributed by atoms with Crippen LogP contribution in [0.1, 0.15) is 19.3 Å². The summed E-state index contributed by atoms with van der Waals surface area (Å²) in [4.78, 5) is 15.4. The fourth-order valence-electron chi connectivity index (χ4n) is 2.81. The quantitative estimate of drug-likeness (QED) is 0.832. The van der Waals surface area contributed by atoms with E-state index in [1.165, 1.54) is 4.90 Å². The molecule has 2 N–H and O–H groups in total. The average Bonchev–Trinajstić information content (AvgIpc) is 2.27. The Hall–Kier alpha value is -0.820. The van der Waals surface area contributed by atoms with E-state index in [-0.39, 0.29) is 19.0 Å². The van der Waals surface area contributed by atoms with E-state index in [4.69, 9.17) is 5.73 Å².